The highest BCUT2D eigenvalue weighted by atomic mass is 14.7. The van der Waals surface area contributed by atoms with Gasteiger partial charge in [-0.05, 0) is 37.1 Å². The molecule has 0 unspecified atom stereocenters. The van der Waals surface area contributed by atoms with Gasteiger partial charge in [-0.1, -0.05) is 17.7 Å². The van der Waals surface area contributed by atoms with Gasteiger partial charge in [-0.2, -0.15) is 0 Å². The van der Waals surface area contributed by atoms with Gasteiger partial charge >= 0.3 is 0 Å². The van der Waals surface area contributed by atoms with E-state index >= 15 is 0 Å². The standard InChI is InChI=1S/C11H13N/c1-8-3-4-10-9(2)5-6-12-11(10)7-8/h3-4,7H,5-6H2,1-2H3. The number of fused-ring (bicyclic) bond motifs is 1. The molecule has 0 atom stereocenters. The van der Waals surface area contributed by atoms with Crippen molar-refractivity contribution in [3.8, 4) is 0 Å². The van der Waals surface area contributed by atoms with Gasteiger partial charge in [0.05, 0.1) is 5.36 Å². The number of hydrogen-bond donors (Lipinski definition) is 0. The molecule has 0 saturated carbocycles. The molecule has 2 rings (SSSR count). The van der Waals surface area contributed by atoms with Gasteiger partial charge in [-0.3, -0.25) is 4.99 Å². The average molecular weight is 159 g/mol. The molecule has 12 heavy (non-hydrogen) atoms. The van der Waals surface area contributed by atoms with Crippen LogP contribution in [-0.2, 0) is 0 Å². The van der Waals surface area contributed by atoms with Gasteiger partial charge in [0.15, 0.2) is 0 Å². The minimum absolute atomic E-state index is 0.961. The maximum absolute atomic E-state index is 4.48. The smallest absolute Gasteiger partial charge is 0.0648 e. The topological polar surface area (TPSA) is 12.4 Å². The summed E-state index contributed by atoms with van der Waals surface area (Å²) in [7, 11) is 0. The first-order chi connectivity index (χ1) is 5.77. The quantitative estimate of drug-likeness (QED) is 0.539. The minimum atomic E-state index is 0.961. The van der Waals surface area contributed by atoms with Gasteiger partial charge in [0.25, 0.3) is 0 Å². The van der Waals surface area contributed by atoms with Crippen LogP contribution in [0.2, 0.25) is 0 Å². The van der Waals surface area contributed by atoms with Crippen LogP contribution in [0.5, 0.6) is 0 Å². The van der Waals surface area contributed by atoms with E-state index in [1.807, 2.05) is 0 Å². The Bertz CT molecular complexity index is 415. The molecule has 0 spiro atoms. The van der Waals surface area contributed by atoms with Crippen molar-refractivity contribution in [2.24, 2.45) is 4.99 Å². The lowest BCUT2D eigenvalue weighted by Crippen LogP contribution is -2.30. The van der Waals surface area contributed by atoms with E-state index in [0.717, 1.165) is 13.0 Å². The van der Waals surface area contributed by atoms with Crippen molar-refractivity contribution in [1.82, 2.24) is 0 Å². The first-order valence-electron chi connectivity index (χ1n) is 4.38. The van der Waals surface area contributed by atoms with E-state index < -0.39 is 0 Å². The van der Waals surface area contributed by atoms with Crippen molar-refractivity contribution in [2.75, 3.05) is 6.54 Å². The molecule has 1 heteroatoms. The molecule has 1 aromatic carbocycles. The van der Waals surface area contributed by atoms with Crippen LogP contribution in [0.15, 0.2) is 23.2 Å². The molecule has 0 aliphatic carbocycles. The zero-order chi connectivity index (χ0) is 8.55. The zero-order valence-corrected chi connectivity index (χ0v) is 7.59. The second-order valence-electron chi connectivity index (χ2n) is 3.43. The van der Waals surface area contributed by atoms with Crippen LogP contribution < -0.4 is 10.6 Å². The van der Waals surface area contributed by atoms with Crippen molar-refractivity contribution in [1.29, 1.82) is 0 Å². The molecule has 1 aliphatic rings. The Labute approximate surface area is 72.5 Å². The van der Waals surface area contributed by atoms with Crippen molar-refractivity contribution >= 4 is 5.57 Å². The van der Waals surface area contributed by atoms with E-state index in [2.05, 4.69) is 37.0 Å². The molecule has 0 fully saturated rings. The third-order valence-electron chi connectivity index (χ3n) is 2.38. The van der Waals surface area contributed by atoms with Crippen molar-refractivity contribution in [3.63, 3.8) is 0 Å². The summed E-state index contributed by atoms with van der Waals surface area (Å²) in [5.74, 6) is 0. The summed E-state index contributed by atoms with van der Waals surface area (Å²) < 4.78 is 0. The minimum Gasteiger partial charge on any atom is -0.284 e. The highest BCUT2D eigenvalue weighted by Crippen LogP contribution is 2.00. The maximum atomic E-state index is 4.48. The number of benzene rings is 1. The van der Waals surface area contributed by atoms with Crippen LogP contribution in [0, 0.1) is 6.92 Å². The van der Waals surface area contributed by atoms with Gasteiger partial charge < -0.3 is 0 Å². The third kappa shape index (κ3) is 1.15. The zero-order valence-electron chi connectivity index (χ0n) is 7.59. The summed E-state index contributed by atoms with van der Waals surface area (Å²) in [4.78, 5) is 4.48. The maximum Gasteiger partial charge on any atom is 0.0648 e. The second kappa shape index (κ2) is 2.74. The van der Waals surface area contributed by atoms with Crippen molar-refractivity contribution < 1.29 is 0 Å². The fraction of sp³-hybridized carbons (Fsp3) is 0.364. The van der Waals surface area contributed by atoms with Gasteiger partial charge in [0.2, 0.25) is 0 Å². The summed E-state index contributed by atoms with van der Waals surface area (Å²) in [6.07, 6.45) is 1.12. The number of hydrogen-bond acceptors (Lipinski definition) is 1. The van der Waals surface area contributed by atoms with Crippen LogP contribution in [-0.4, -0.2) is 6.54 Å². The highest BCUT2D eigenvalue weighted by molar-refractivity contribution is 5.43. The molecule has 0 saturated heterocycles. The number of rotatable bonds is 0. The fourth-order valence-electron chi connectivity index (χ4n) is 1.61. The lowest BCUT2D eigenvalue weighted by molar-refractivity contribution is 0.930. The first-order valence-corrected chi connectivity index (χ1v) is 4.38. The Balaban J connectivity index is 2.85. The fourth-order valence-corrected chi connectivity index (χ4v) is 1.61. The molecule has 1 aliphatic heterocycles. The van der Waals surface area contributed by atoms with E-state index in [9.17, 15) is 0 Å². The van der Waals surface area contributed by atoms with Gasteiger partial charge in [0, 0.05) is 6.54 Å². The largest absolute Gasteiger partial charge is 0.284 e. The number of nitrogens with zero attached hydrogens (tertiary/aromatic N) is 1. The Morgan fingerprint density at radius 3 is 2.92 bits per heavy atom. The highest BCUT2D eigenvalue weighted by Gasteiger charge is 1.99. The lowest BCUT2D eigenvalue weighted by Gasteiger charge is -2.05. The van der Waals surface area contributed by atoms with E-state index in [0.29, 0.717) is 0 Å². The Morgan fingerprint density at radius 2 is 2.08 bits per heavy atom. The van der Waals surface area contributed by atoms with Crippen molar-refractivity contribution in [3.05, 3.63) is 34.3 Å². The predicted molar refractivity (Wildman–Crippen MR) is 50.5 cm³/mol. The summed E-state index contributed by atoms with van der Waals surface area (Å²) in [6, 6.07) is 6.50. The third-order valence-corrected chi connectivity index (χ3v) is 2.38. The number of aryl methyl sites for hydroxylation is 1. The molecule has 1 nitrogen and oxygen atoms in total. The molecule has 0 aromatic heterocycles. The van der Waals surface area contributed by atoms with E-state index in [-0.39, 0.29) is 0 Å². The van der Waals surface area contributed by atoms with Crippen LogP contribution >= 0.6 is 0 Å². The molecule has 0 bridgehead atoms. The second-order valence-corrected chi connectivity index (χ2v) is 3.43. The van der Waals surface area contributed by atoms with E-state index in [1.165, 1.54) is 21.7 Å². The molecular formula is C11H13N. The molecule has 0 N–H and O–H groups in total. The molecule has 0 amide bonds. The SMILES string of the molecule is CC1=c2ccc(C)cc2=NCC1. The molecule has 1 heterocycles. The Morgan fingerprint density at radius 1 is 1.25 bits per heavy atom. The molecular weight excluding hydrogens is 146 g/mol. The molecule has 0 radical (unpaired) electrons. The monoisotopic (exact) mass is 159 g/mol. The van der Waals surface area contributed by atoms with Crippen LogP contribution in [0.1, 0.15) is 18.9 Å². The van der Waals surface area contributed by atoms with E-state index in [4.69, 9.17) is 0 Å². The Hall–Kier alpha value is -1.11. The van der Waals surface area contributed by atoms with Gasteiger partial charge in [-0.25, -0.2) is 0 Å². The Kier molecular flexibility index (Phi) is 1.72. The first kappa shape index (κ1) is 7.53. The lowest BCUT2D eigenvalue weighted by atomic mass is 10.1. The normalized spacial score (nSPS) is 15.3. The van der Waals surface area contributed by atoms with E-state index in [1.54, 1.807) is 0 Å². The average Bonchev–Trinajstić information content (AvgIpc) is 2.04. The van der Waals surface area contributed by atoms with Crippen LogP contribution in [0.4, 0.5) is 0 Å². The van der Waals surface area contributed by atoms with Crippen LogP contribution in [0.3, 0.4) is 0 Å². The summed E-state index contributed by atoms with van der Waals surface area (Å²) >= 11 is 0. The molecule has 1 aromatic rings. The predicted octanol–water partition coefficient (Wildman–Crippen LogP) is 1.19. The van der Waals surface area contributed by atoms with Crippen molar-refractivity contribution in [2.45, 2.75) is 20.3 Å². The summed E-state index contributed by atoms with van der Waals surface area (Å²) in [5, 5.41) is 2.52. The summed E-state index contributed by atoms with van der Waals surface area (Å²) in [6.45, 7) is 5.27. The van der Waals surface area contributed by atoms with Gasteiger partial charge in [0.1, 0.15) is 0 Å². The van der Waals surface area contributed by atoms with Crippen LogP contribution in [0.25, 0.3) is 5.57 Å². The summed E-state index contributed by atoms with van der Waals surface area (Å²) in [5.41, 5.74) is 2.77. The molecule has 62 valence electrons. The van der Waals surface area contributed by atoms with Gasteiger partial charge in [-0.15, -0.1) is 0 Å².